The normalized spacial score (nSPS) is 26.8. The molecule has 0 aromatic heterocycles. The number of amides is 1. The predicted octanol–water partition coefficient (Wildman–Crippen LogP) is 2.48. The molecular formula is C17H21NO3. The summed E-state index contributed by atoms with van der Waals surface area (Å²) in [5.74, 6) is 1.38. The van der Waals surface area contributed by atoms with Crippen molar-refractivity contribution in [3.05, 3.63) is 35.4 Å². The van der Waals surface area contributed by atoms with E-state index in [9.17, 15) is 9.59 Å². The Morgan fingerprint density at radius 1 is 1.24 bits per heavy atom. The van der Waals surface area contributed by atoms with Crippen LogP contribution in [0.2, 0.25) is 0 Å². The highest BCUT2D eigenvalue weighted by Gasteiger charge is 2.39. The Labute approximate surface area is 124 Å². The van der Waals surface area contributed by atoms with Crippen molar-refractivity contribution < 1.29 is 14.7 Å². The molecule has 2 aliphatic carbocycles. The molecule has 112 valence electrons. The minimum atomic E-state index is -0.959. The van der Waals surface area contributed by atoms with E-state index in [0.29, 0.717) is 5.92 Å². The lowest BCUT2D eigenvalue weighted by atomic mass is 9.89. The molecule has 2 N–H and O–H groups in total. The van der Waals surface area contributed by atoms with Crippen LogP contribution in [0, 0.1) is 17.8 Å². The van der Waals surface area contributed by atoms with Crippen molar-refractivity contribution in [2.24, 2.45) is 17.8 Å². The minimum absolute atomic E-state index is 0.0136. The molecule has 3 atom stereocenters. The Balaban J connectivity index is 1.50. The zero-order valence-corrected chi connectivity index (χ0v) is 12.0. The first-order chi connectivity index (χ1) is 10.1. The fourth-order valence-electron chi connectivity index (χ4n) is 3.93. The molecule has 21 heavy (non-hydrogen) atoms. The lowest BCUT2D eigenvalue weighted by molar-refractivity contribution is -0.120. The van der Waals surface area contributed by atoms with E-state index in [1.165, 1.54) is 25.7 Å². The molecule has 2 aliphatic rings. The number of carbonyl (C=O) groups excluding carboxylic acids is 1. The molecule has 0 heterocycles. The number of aromatic carboxylic acids is 1. The first kappa shape index (κ1) is 14.1. The molecule has 4 heteroatoms. The Morgan fingerprint density at radius 2 is 2.10 bits per heavy atom. The van der Waals surface area contributed by atoms with Gasteiger partial charge in [-0.1, -0.05) is 18.6 Å². The first-order valence-corrected chi connectivity index (χ1v) is 7.70. The van der Waals surface area contributed by atoms with Crippen molar-refractivity contribution in [2.45, 2.75) is 32.1 Å². The highest BCUT2D eigenvalue weighted by Crippen LogP contribution is 2.47. The van der Waals surface area contributed by atoms with E-state index in [-0.39, 0.29) is 17.9 Å². The van der Waals surface area contributed by atoms with Crippen molar-refractivity contribution in [3.8, 4) is 0 Å². The topological polar surface area (TPSA) is 66.4 Å². The van der Waals surface area contributed by atoms with Crippen LogP contribution < -0.4 is 5.32 Å². The Kier molecular flexibility index (Phi) is 3.95. The molecule has 0 radical (unpaired) electrons. The van der Waals surface area contributed by atoms with Crippen molar-refractivity contribution >= 4 is 11.9 Å². The summed E-state index contributed by atoms with van der Waals surface area (Å²) >= 11 is 0. The van der Waals surface area contributed by atoms with Crippen molar-refractivity contribution in [3.63, 3.8) is 0 Å². The molecule has 2 saturated carbocycles. The molecule has 4 nitrogen and oxygen atoms in total. The number of carboxylic acid groups (broad SMARTS) is 1. The third-order valence-corrected chi connectivity index (χ3v) is 4.98. The SMILES string of the molecule is O=C(Cc1cccc(C(=O)O)c1)NCC1CC2CCC1C2. The average molecular weight is 287 g/mol. The van der Waals surface area contributed by atoms with Gasteiger partial charge in [-0.25, -0.2) is 4.79 Å². The van der Waals surface area contributed by atoms with Crippen LogP contribution in [0.4, 0.5) is 0 Å². The highest BCUT2D eigenvalue weighted by molar-refractivity contribution is 5.88. The molecule has 0 aliphatic heterocycles. The summed E-state index contributed by atoms with van der Waals surface area (Å²) in [5, 5.41) is 12.0. The molecule has 1 aromatic carbocycles. The number of benzene rings is 1. The van der Waals surface area contributed by atoms with Crippen LogP contribution in [0.25, 0.3) is 0 Å². The minimum Gasteiger partial charge on any atom is -0.478 e. The van der Waals surface area contributed by atoms with Crippen molar-refractivity contribution in [1.82, 2.24) is 5.32 Å². The fraction of sp³-hybridized carbons (Fsp3) is 0.529. The van der Waals surface area contributed by atoms with E-state index in [0.717, 1.165) is 23.9 Å². The van der Waals surface area contributed by atoms with Gasteiger partial charge < -0.3 is 10.4 Å². The molecule has 2 fully saturated rings. The maximum Gasteiger partial charge on any atom is 0.335 e. The summed E-state index contributed by atoms with van der Waals surface area (Å²) in [6, 6.07) is 6.59. The van der Waals surface area contributed by atoms with Gasteiger partial charge in [0.25, 0.3) is 0 Å². The van der Waals surface area contributed by atoms with E-state index in [1.54, 1.807) is 24.3 Å². The number of rotatable bonds is 5. The van der Waals surface area contributed by atoms with Gasteiger partial charge >= 0.3 is 5.97 Å². The van der Waals surface area contributed by atoms with E-state index in [2.05, 4.69) is 5.32 Å². The van der Waals surface area contributed by atoms with Gasteiger partial charge in [-0.2, -0.15) is 0 Å². The van der Waals surface area contributed by atoms with E-state index < -0.39 is 5.97 Å². The van der Waals surface area contributed by atoms with E-state index in [4.69, 9.17) is 5.11 Å². The quantitative estimate of drug-likeness (QED) is 0.874. The van der Waals surface area contributed by atoms with Gasteiger partial charge in [-0.05, 0) is 54.7 Å². The fourth-order valence-corrected chi connectivity index (χ4v) is 3.93. The maximum absolute atomic E-state index is 12.0. The van der Waals surface area contributed by atoms with Crippen LogP contribution in [0.15, 0.2) is 24.3 Å². The molecule has 1 amide bonds. The van der Waals surface area contributed by atoms with Crippen LogP contribution in [0.1, 0.15) is 41.6 Å². The van der Waals surface area contributed by atoms with Gasteiger partial charge in [0.2, 0.25) is 5.91 Å². The van der Waals surface area contributed by atoms with Crippen LogP contribution in [0.5, 0.6) is 0 Å². The number of carboxylic acids is 1. The molecule has 0 spiro atoms. The van der Waals surface area contributed by atoms with Gasteiger partial charge in [-0.3, -0.25) is 4.79 Å². The zero-order chi connectivity index (χ0) is 14.8. The number of hydrogen-bond donors (Lipinski definition) is 2. The van der Waals surface area contributed by atoms with Crippen molar-refractivity contribution in [2.75, 3.05) is 6.54 Å². The summed E-state index contributed by atoms with van der Waals surface area (Å²) in [7, 11) is 0. The standard InChI is InChI=1S/C17H21NO3/c19-16(9-11-2-1-3-14(7-11)17(20)21)18-10-15-8-12-4-5-13(15)6-12/h1-3,7,12-13,15H,4-6,8-10H2,(H,18,19)(H,20,21). The second kappa shape index (κ2) is 5.88. The highest BCUT2D eigenvalue weighted by atomic mass is 16.4. The summed E-state index contributed by atoms with van der Waals surface area (Å²) in [6.07, 6.45) is 5.56. The van der Waals surface area contributed by atoms with Crippen LogP contribution >= 0.6 is 0 Å². The summed E-state index contributed by atoms with van der Waals surface area (Å²) in [5.41, 5.74) is 0.980. The second-order valence-electron chi connectivity index (χ2n) is 6.42. The Hall–Kier alpha value is -1.84. The largest absolute Gasteiger partial charge is 0.478 e. The summed E-state index contributed by atoms with van der Waals surface area (Å²) in [6.45, 7) is 0.776. The van der Waals surface area contributed by atoms with Gasteiger partial charge in [-0.15, -0.1) is 0 Å². The number of nitrogens with one attached hydrogen (secondary N) is 1. The van der Waals surface area contributed by atoms with Crippen LogP contribution in [-0.4, -0.2) is 23.5 Å². The summed E-state index contributed by atoms with van der Waals surface area (Å²) < 4.78 is 0. The third-order valence-electron chi connectivity index (χ3n) is 4.98. The average Bonchev–Trinajstić information content (AvgIpc) is 3.08. The third kappa shape index (κ3) is 3.26. The smallest absolute Gasteiger partial charge is 0.335 e. The van der Waals surface area contributed by atoms with Crippen molar-refractivity contribution in [1.29, 1.82) is 0 Å². The Bertz CT molecular complexity index is 555. The summed E-state index contributed by atoms with van der Waals surface area (Å²) in [4.78, 5) is 22.9. The molecular weight excluding hydrogens is 266 g/mol. The van der Waals surface area contributed by atoms with Crippen LogP contribution in [-0.2, 0) is 11.2 Å². The van der Waals surface area contributed by atoms with Gasteiger partial charge in [0, 0.05) is 6.54 Å². The van der Waals surface area contributed by atoms with Gasteiger partial charge in [0.1, 0.15) is 0 Å². The molecule has 1 aromatic rings. The van der Waals surface area contributed by atoms with Crippen LogP contribution in [0.3, 0.4) is 0 Å². The molecule has 2 bridgehead atoms. The monoisotopic (exact) mass is 287 g/mol. The zero-order valence-electron chi connectivity index (χ0n) is 12.0. The lowest BCUT2D eigenvalue weighted by Gasteiger charge is -2.21. The first-order valence-electron chi connectivity index (χ1n) is 7.70. The number of fused-ring (bicyclic) bond motifs is 2. The van der Waals surface area contributed by atoms with Gasteiger partial charge in [0.15, 0.2) is 0 Å². The molecule has 3 unspecified atom stereocenters. The number of carbonyl (C=O) groups is 2. The number of hydrogen-bond acceptors (Lipinski definition) is 2. The predicted molar refractivity (Wildman–Crippen MR) is 79.1 cm³/mol. The maximum atomic E-state index is 12.0. The van der Waals surface area contributed by atoms with Gasteiger partial charge in [0.05, 0.1) is 12.0 Å². The van der Waals surface area contributed by atoms with E-state index in [1.807, 2.05) is 0 Å². The van der Waals surface area contributed by atoms with E-state index >= 15 is 0 Å². The lowest BCUT2D eigenvalue weighted by Crippen LogP contribution is -2.32. The Morgan fingerprint density at radius 3 is 2.76 bits per heavy atom. The second-order valence-corrected chi connectivity index (χ2v) is 6.42. The molecule has 0 saturated heterocycles. The molecule has 3 rings (SSSR count).